The van der Waals surface area contributed by atoms with E-state index in [2.05, 4.69) is 165 Å². The van der Waals surface area contributed by atoms with Gasteiger partial charge < -0.3 is 9.88 Å². The highest BCUT2D eigenvalue weighted by Crippen LogP contribution is 2.58. The second kappa shape index (κ2) is 9.18. The van der Waals surface area contributed by atoms with Crippen molar-refractivity contribution in [2.24, 2.45) is 4.99 Å². The van der Waals surface area contributed by atoms with Gasteiger partial charge in [-0.25, -0.2) is 4.99 Å². The lowest BCUT2D eigenvalue weighted by Gasteiger charge is -2.49. The maximum atomic E-state index is 5.31. The summed E-state index contributed by atoms with van der Waals surface area (Å²) in [5.74, 6) is 0. The lowest BCUT2D eigenvalue weighted by molar-refractivity contribution is 0.300. The lowest BCUT2D eigenvalue weighted by Crippen LogP contribution is -2.43. The largest absolute Gasteiger partial charge is 0.358 e. The molecule has 1 N–H and O–H groups in total. The van der Waals surface area contributed by atoms with Gasteiger partial charge in [0.2, 0.25) is 0 Å². The van der Waals surface area contributed by atoms with Gasteiger partial charge in [0.1, 0.15) is 6.17 Å². The minimum Gasteiger partial charge on any atom is -0.358 e. The van der Waals surface area contributed by atoms with E-state index in [1.807, 2.05) is 0 Å². The molecule has 1 aliphatic carbocycles. The normalized spacial score (nSPS) is 17.8. The Kier molecular flexibility index (Phi) is 5.36. The van der Waals surface area contributed by atoms with Gasteiger partial charge in [0.05, 0.1) is 28.1 Å². The summed E-state index contributed by atoms with van der Waals surface area (Å²) >= 11 is 0. The molecule has 1 atom stereocenters. The number of fused-ring (bicyclic) bond motifs is 10. The Balaban J connectivity index is 1.42. The highest BCUT2D eigenvalue weighted by molar-refractivity contribution is 6.20. The van der Waals surface area contributed by atoms with Crippen molar-refractivity contribution in [3.63, 3.8) is 0 Å². The molecule has 1 aromatic heterocycles. The van der Waals surface area contributed by atoms with Gasteiger partial charge >= 0.3 is 0 Å². The van der Waals surface area contributed by atoms with Crippen LogP contribution in [0.4, 0.5) is 11.4 Å². The van der Waals surface area contributed by atoms with Crippen LogP contribution in [0, 0.1) is 0 Å². The zero-order chi connectivity index (χ0) is 30.5. The molecule has 0 saturated heterocycles. The number of nitrogens with one attached hydrogen (secondary N) is 1. The first-order valence-corrected chi connectivity index (χ1v) is 15.9. The molecule has 2 aliphatic rings. The van der Waals surface area contributed by atoms with E-state index in [9.17, 15) is 0 Å². The molecule has 9 rings (SSSR count). The van der Waals surface area contributed by atoms with Gasteiger partial charge in [-0.15, -0.1) is 0 Å². The van der Waals surface area contributed by atoms with Crippen LogP contribution in [0.15, 0.2) is 132 Å². The molecule has 0 bridgehead atoms. The van der Waals surface area contributed by atoms with Crippen molar-refractivity contribution in [2.75, 3.05) is 5.32 Å². The number of aliphatic imine (C=N–C) groups is 1. The van der Waals surface area contributed by atoms with E-state index in [4.69, 9.17) is 4.99 Å². The molecule has 0 amide bonds. The van der Waals surface area contributed by atoms with E-state index in [0.717, 1.165) is 22.6 Å². The minimum atomic E-state index is -0.192. The number of aromatic nitrogens is 1. The maximum absolute atomic E-state index is 5.31. The van der Waals surface area contributed by atoms with Gasteiger partial charge in [0.25, 0.3) is 0 Å². The number of rotatable bonds is 2. The van der Waals surface area contributed by atoms with Crippen LogP contribution < -0.4 is 5.32 Å². The molecule has 1 aliphatic heterocycles. The fraction of sp³-hybridized carbons (Fsp3) is 0.167. The minimum absolute atomic E-state index is 0.0623. The van der Waals surface area contributed by atoms with Crippen molar-refractivity contribution in [3.05, 3.63) is 144 Å². The van der Waals surface area contributed by atoms with Crippen molar-refractivity contribution in [2.45, 2.75) is 44.7 Å². The summed E-state index contributed by atoms with van der Waals surface area (Å²) in [7, 11) is 0. The summed E-state index contributed by atoms with van der Waals surface area (Å²) in [6.07, 6.45) is -0.192. The van der Waals surface area contributed by atoms with E-state index < -0.39 is 0 Å². The molecule has 0 radical (unpaired) electrons. The number of hydrogen-bond acceptors (Lipinski definition) is 2. The summed E-state index contributed by atoms with van der Waals surface area (Å²) in [5, 5.41) is 9.11. The number of nitrogens with zero attached hydrogens (tertiary/aromatic N) is 2. The summed E-state index contributed by atoms with van der Waals surface area (Å²) < 4.78 is 2.49. The highest BCUT2D eigenvalue weighted by Gasteiger charge is 2.47. The maximum Gasteiger partial charge on any atom is 0.148 e. The molecule has 0 fully saturated rings. The SMILES string of the molecule is CC1(C)c2ccc3ccccc3c2-c2c(ccc3c2c2ccccc2n3C2Nc3ccccc3N=C2c2ccccc2)C1(C)C. The first-order valence-electron chi connectivity index (χ1n) is 15.9. The van der Waals surface area contributed by atoms with Crippen LogP contribution in [0.3, 0.4) is 0 Å². The first-order chi connectivity index (χ1) is 21.9. The third kappa shape index (κ3) is 3.50. The zero-order valence-corrected chi connectivity index (χ0v) is 26.1. The van der Waals surface area contributed by atoms with E-state index in [0.29, 0.717) is 0 Å². The van der Waals surface area contributed by atoms with Crippen LogP contribution in [0.5, 0.6) is 0 Å². The van der Waals surface area contributed by atoms with Gasteiger partial charge in [-0.1, -0.05) is 131 Å². The Labute approximate surface area is 263 Å². The standard InChI is InChI=1S/C42H35N3/c1-41(2)30-23-22-26-14-8-9-17-28(26)36(30)38-31(42(41,3)4)24-25-35-37(38)29-18-10-13-21-34(29)45(35)40-39(27-15-6-5-7-16-27)43-32-19-11-12-20-33(32)44-40/h5-25,40,44H,1-4H3. The van der Waals surface area contributed by atoms with Crippen LogP contribution >= 0.6 is 0 Å². The van der Waals surface area contributed by atoms with Crippen LogP contribution in [-0.2, 0) is 10.8 Å². The zero-order valence-electron chi connectivity index (χ0n) is 26.1. The average molecular weight is 582 g/mol. The van der Waals surface area contributed by atoms with Crippen molar-refractivity contribution >= 4 is 49.7 Å². The second-order valence-corrected chi connectivity index (χ2v) is 13.7. The summed E-state index contributed by atoms with van der Waals surface area (Å²) in [6.45, 7) is 9.69. The first kappa shape index (κ1) is 26.3. The number of para-hydroxylation sites is 3. The van der Waals surface area contributed by atoms with Gasteiger partial charge in [-0.2, -0.15) is 0 Å². The molecule has 0 spiro atoms. The van der Waals surface area contributed by atoms with E-state index >= 15 is 0 Å². The topological polar surface area (TPSA) is 29.3 Å². The monoisotopic (exact) mass is 581 g/mol. The Bertz CT molecular complexity index is 2350. The van der Waals surface area contributed by atoms with E-state index in [1.165, 1.54) is 54.8 Å². The van der Waals surface area contributed by atoms with Gasteiger partial charge in [-0.3, -0.25) is 0 Å². The number of benzene rings is 6. The summed E-state index contributed by atoms with van der Waals surface area (Å²) in [5.41, 5.74) is 12.0. The number of hydrogen-bond donors (Lipinski definition) is 1. The third-order valence-corrected chi connectivity index (χ3v) is 11.0. The van der Waals surface area contributed by atoms with Crippen LogP contribution in [0.2, 0.25) is 0 Å². The van der Waals surface area contributed by atoms with Crippen molar-refractivity contribution in [3.8, 4) is 11.1 Å². The predicted octanol–water partition coefficient (Wildman–Crippen LogP) is 10.9. The molecular formula is C42H35N3. The van der Waals surface area contributed by atoms with Crippen molar-refractivity contribution in [1.82, 2.24) is 4.57 Å². The van der Waals surface area contributed by atoms with Crippen molar-refractivity contribution in [1.29, 1.82) is 0 Å². The van der Waals surface area contributed by atoms with Gasteiger partial charge in [0, 0.05) is 16.3 Å². The van der Waals surface area contributed by atoms with Crippen LogP contribution in [0.25, 0.3) is 43.7 Å². The lowest BCUT2D eigenvalue weighted by atomic mass is 9.54. The molecular weight excluding hydrogens is 546 g/mol. The highest BCUT2D eigenvalue weighted by atomic mass is 15.2. The number of anilines is 1. The Hall–Kier alpha value is -5.15. The Morgan fingerprint density at radius 1 is 0.578 bits per heavy atom. The molecule has 3 heteroatoms. The van der Waals surface area contributed by atoms with Crippen LogP contribution in [-0.4, -0.2) is 10.3 Å². The smallest absolute Gasteiger partial charge is 0.148 e. The van der Waals surface area contributed by atoms with Gasteiger partial charge in [0.15, 0.2) is 0 Å². The molecule has 7 aromatic rings. The quantitative estimate of drug-likeness (QED) is 0.216. The third-order valence-electron chi connectivity index (χ3n) is 11.0. The Morgan fingerprint density at radius 3 is 2.04 bits per heavy atom. The molecule has 1 unspecified atom stereocenters. The predicted molar refractivity (Wildman–Crippen MR) is 190 cm³/mol. The molecule has 3 nitrogen and oxygen atoms in total. The molecule has 0 saturated carbocycles. The second-order valence-electron chi connectivity index (χ2n) is 13.7. The molecule has 218 valence electrons. The van der Waals surface area contributed by atoms with E-state index in [1.54, 1.807) is 0 Å². The van der Waals surface area contributed by atoms with E-state index in [-0.39, 0.29) is 17.0 Å². The molecule has 2 heterocycles. The fourth-order valence-electron chi connectivity index (χ4n) is 8.00. The fourth-order valence-corrected chi connectivity index (χ4v) is 8.00. The average Bonchev–Trinajstić information content (AvgIpc) is 3.41. The van der Waals surface area contributed by atoms with Crippen LogP contribution in [0.1, 0.15) is 50.6 Å². The van der Waals surface area contributed by atoms with Gasteiger partial charge in [-0.05, 0) is 68.1 Å². The molecule has 6 aromatic carbocycles. The molecule has 45 heavy (non-hydrogen) atoms. The Morgan fingerprint density at radius 2 is 1.22 bits per heavy atom. The van der Waals surface area contributed by atoms with Crippen molar-refractivity contribution < 1.29 is 0 Å². The summed E-state index contributed by atoms with van der Waals surface area (Å²) in [6, 6.07) is 46.3. The summed E-state index contributed by atoms with van der Waals surface area (Å²) in [4.78, 5) is 5.31.